The minimum Gasteiger partial charge on any atom is -0.337 e. The molecule has 6 aromatic rings. The summed E-state index contributed by atoms with van der Waals surface area (Å²) in [6.45, 7) is 0.422. The van der Waals surface area contributed by atoms with Gasteiger partial charge >= 0.3 is 6.03 Å². The van der Waals surface area contributed by atoms with Gasteiger partial charge in [0.2, 0.25) is 0 Å². The van der Waals surface area contributed by atoms with Crippen LogP contribution in [0.3, 0.4) is 0 Å². The molecule has 0 spiro atoms. The molecule has 0 saturated heterocycles. The Labute approximate surface area is 258 Å². The summed E-state index contributed by atoms with van der Waals surface area (Å²) in [4.78, 5) is 14.4. The molecular formula is C41H32N2O. The summed E-state index contributed by atoms with van der Waals surface area (Å²) in [5.41, 5.74) is 9.32. The lowest BCUT2D eigenvalue weighted by atomic mass is 9.53. The maximum Gasteiger partial charge on any atom is 0.316 e. The molecule has 212 valence electrons. The van der Waals surface area contributed by atoms with Crippen LogP contribution in [0.4, 0.5) is 4.79 Å². The van der Waals surface area contributed by atoms with Crippen LogP contribution in [0.15, 0.2) is 164 Å². The standard InChI is InChI=1S/C41H32N2O/c44-39(43-41(29-16-4-1-5-17-29,30-18-6-2-7-19-30)31-20-8-3-9-21-31)42-28-40-35-25-13-10-22-32(35)38(33-23-11-14-26-36(33)40)34-24-12-15-27-37(34)40/h1-27,38H,28H2,(H2,42,43,44). The molecule has 0 aromatic heterocycles. The molecule has 3 heteroatoms. The third kappa shape index (κ3) is 3.79. The normalized spacial score (nSPS) is 17.6. The van der Waals surface area contributed by atoms with Crippen LogP contribution in [0.2, 0.25) is 0 Å². The molecule has 2 N–H and O–H groups in total. The lowest BCUT2D eigenvalue weighted by Gasteiger charge is -2.50. The van der Waals surface area contributed by atoms with Crippen LogP contribution < -0.4 is 10.6 Å². The largest absolute Gasteiger partial charge is 0.337 e. The Morgan fingerprint density at radius 3 is 1.23 bits per heavy atom. The monoisotopic (exact) mass is 568 g/mol. The maximum absolute atomic E-state index is 14.4. The van der Waals surface area contributed by atoms with Crippen LogP contribution in [-0.2, 0) is 11.0 Å². The first-order valence-corrected chi connectivity index (χ1v) is 15.2. The molecule has 0 aliphatic heterocycles. The van der Waals surface area contributed by atoms with Crippen molar-refractivity contribution in [2.75, 3.05) is 6.54 Å². The summed E-state index contributed by atoms with van der Waals surface area (Å²) in [7, 11) is 0. The quantitative estimate of drug-likeness (QED) is 0.196. The zero-order valence-electron chi connectivity index (χ0n) is 24.3. The van der Waals surface area contributed by atoms with E-state index in [-0.39, 0.29) is 11.9 Å². The summed E-state index contributed by atoms with van der Waals surface area (Å²) in [6.07, 6.45) is 0. The van der Waals surface area contributed by atoms with Gasteiger partial charge in [0.25, 0.3) is 0 Å². The first kappa shape index (κ1) is 26.2. The molecule has 0 heterocycles. The number of benzene rings is 6. The van der Waals surface area contributed by atoms with Crippen molar-refractivity contribution in [1.29, 1.82) is 0 Å². The second-order valence-corrected chi connectivity index (χ2v) is 11.8. The molecule has 0 atom stereocenters. The van der Waals surface area contributed by atoms with Crippen molar-refractivity contribution in [3.8, 4) is 0 Å². The topological polar surface area (TPSA) is 41.1 Å². The number of urea groups is 1. The van der Waals surface area contributed by atoms with Gasteiger partial charge < -0.3 is 10.6 Å². The molecule has 0 fully saturated rings. The minimum atomic E-state index is -0.899. The Morgan fingerprint density at radius 1 is 0.500 bits per heavy atom. The van der Waals surface area contributed by atoms with Crippen molar-refractivity contribution in [3.63, 3.8) is 0 Å². The average Bonchev–Trinajstić information content (AvgIpc) is 3.11. The minimum absolute atomic E-state index is 0.191. The SMILES string of the molecule is O=C(NCC12c3ccccc3C(c3ccccc31)c1ccccc12)NC(c1ccccc1)(c1ccccc1)c1ccccc1. The van der Waals surface area contributed by atoms with Crippen molar-refractivity contribution < 1.29 is 4.79 Å². The van der Waals surface area contributed by atoms with Crippen molar-refractivity contribution in [3.05, 3.63) is 214 Å². The molecule has 9 rings (SSSR count). The molecule has 44 heavy (non-hydrogen) atoms. The Morgan fingerprint density at radius 2 is 0.841 bits per heavy atom. The summed E-state index contributed by atoms with van der Waals surface area (Å²) >= 11 is 0. The predicted molar refractivity (Wildman–Crippen MR) is 176 cm³/mol. The molecular weight excluding hydrogens is 536 g/mol. The number of rotatable bonds is 6. The van der Waals surface area contributed by atoms with Gasteiger partial charge in [-0.05, 0) is 50.1 Å². The van der Waals surface area contributed by atoms with Crippen LogP contribution >= 0.6 is 0 Å². The highest BCUT2D eigenvalue weighted by Crippen LogP contribution is 2.58. The fourth-order valence-corrected chi connectivity index (χ4v) is 7.84. The average molecular weight is 569 g/mol. The van der Waals surface area contributed by atoms with Crippen LogP contribution in [0.5, 0.6) is 0 Å². The van der Waals surface area contributed by atoms with Crippen molar-refractivity contribution in [2.45, 2.75) is 16.9 Å². The molecule has 0 unspecified atom stereocenters. The molecule has 2 bridgehead atoms. The van der Waals surface area contributed by atoms with Gasteiger partial charge in [-0.2, -0.15) is 0 Å². The van der Waals surface area contributed by atoms with E-state index in [2.05, 4.69) is 120 Å². The van der Waals surface area contributed by atoms with Crippen molar-refractivity contribution in [1.82, 2.24) is 10.6 Å². The summed E-state index contributed by atoms with van der Waals surface area (Å²) < 4.78 is 0. The number of amides is 2. The fraction of sp³-hybridized carbons (Fsp3) is 0.0976. The van der Waals surface area contributed by atoms with Crippen LogP contribution in [-0.4, -0.2) is 12.6 Å². The highest BCUT2D eigenvalue weighted by Gasteiger charge is 2.51. The van der Waals surface area contributed by atoms with Gasteiger partial charge in [0, 0.05) is 12.5 Å². The molecule has 0 saturated carbocycles. The Balaban J connectivity index is 1.25. The second kappa shape index (κ2) is 10.4. The molecule has 6 aromatic carbocycles. The highest BCUT2D eigenvalue weighted by atomic mass is 16.2. The van der Waals surface area contributed by atoms with E-state index in [1.165, 1.54) is 33.4 Å². The van der Waals surface area contributed by atoms with E-state index in [4.69, 9.17) is 0 Å². The van der Waals surface area contributed by atoms with Crippen molar-refractivity contribution in [2.24, 2.45) is 0 Å². The Hall–Kier alpha value is -5.41. The van der Waals surface area contributed by atoms with Crippen LogP contribution in [0, 0.1) is 0 Å². The van der Waals surface area contributed by atoms with E-state index >= 15 is 0 Å². The number of hydrogen-bond donors (Lipinski definition) is 2. The number of carbonyl (C=O) groups is 1. The highest BCUT2D eigenvalue weighted by molar-refractivity contribution is 5.79. The van der Waals surface area contributed by atoms with Crippen LogP contribution in [0.25, 0.3) is 0 Å². The molecule has 2 amide bonds. The Kier molecular flexibility index (Phi) is 6.20. The van der Waals surface area contributed by atoms with E-state index in [0.29, 0.717) is 6.54 Å². The van der Waals surface area contributed by atoms with E-state index in [9.17, 15) is 4.79 Å². The first-order chi connectivity index (χ1) is 21.7. The molecule has 3 nitrogen and oxygen atoms in total. The van der Waals surface area contributed by atoms with Gasteiger partial charge in [-0.25, -0.2) is 4.79 Å². The predicted octanol–water partition coefficient (Wildman–Crippen LogP) is 8.12. The van der Waals surface area contributed by atoms with Gasteiger partial charge in [-0.15, -0.1) is 0 Å². The summed E-state index contributed by atoms with van der Waals surface area (Å²) in [5.74, 6) is 0.191. The van der Waals surface area contributed by atoms with E-state index < -0.39 is 11.0 Å². The van der Waals surface area contributed by atoms with Gasteiger partial charge in [0.1, 0.15) is 5.54 Å². The second-order valence-electron chi connectivity index (χ2n) is 11.8. The van der Waals surface area contributed by atoms with Gasteiger partial charge in [0.05, 0.1) is 5.41 Å². The Bertz CT molecular complexity index is 1750. The summed E-state index contributed by atoms with van der Waals surface area (Å²) in [6, 6.07) is 56.8. The number of carbonyl (C=O) groups excluding carboxylic acids is 1. The zero-order chi connectivity index (χ0) is 29.6. The smallest absolute Gasteiger partial charge is 0.316 e. The third-order valence-corrected chi connectivity index (χ3v) is 9.63. The maximum atomic E-state index is 14.4. The number of hydrogen-bond acceptors (Lipinski definition) is 1. The molecule has 0 radical (unpaired) electrons. The van der Waals surface area contributed by atoms with Gasteiger partial charge in [-0.3, -0.25) is 0 Å². The number of nitrogens with one attached hydrogen (secondary N) is 2. The summed E-state index contributed by atoms with van der Waals surface area (Å²) in [5, 5.41) is 6.90. The fourth-order valence-electron chi connectivity index (χ4n) is 7.84. The third-order valence-electron chi connectivity index (χ3n) is 9.63. The van der Waals surface area contributed by atoms with E-state index in [1.54, 1.807) is 0 Å². The van der Waals surface area contributed by atoms with Gasteiger partial charge in [-0.1, -0.05) is 164 Å². The van der Waals surface area contributed by atoms with Crippen LogP contribution in [0.1, 0.15) is 56.0 Å². The van der Waals surface area contributed by atoms with E-state index in [1.807, 2.05) is 54.6 Å². The van der Waals surface area contributed by atoms with E-state index in [0.717, 1.165) is 16.7 Å². The molecule has 3 aliphatic rings. The zero-order valence-corrected chi connectivity index (χ0v) is 24.3. The van der Waals surface area contributed by atoms with Crippen molar-refractivity contribution >= 4 is 6.03 Å². The lowest BCUT2D eigenvalue weighted by molar-refractivity contribution is 0.232. The van der Waals surface area contributed by atoms with Gasteiger partial charge in [0.15, 0.2) is 0 Å². The lowest BCUT2D eigenvalue weighted by Crippen LogP contribution is -2.55. The first-order valence-electron chi connectivity index (χ1n) is 15.2. The molecule has 3 aliphatic carbocycles.